The van der Waals surface area contributed by atoms with Gasteiger partial charge >= 0.3 is 0 Å². The minimum absolute atomic E-state index is 0.000805. The molecule has 1 amide bonds. The maximum absolute atomic E-state index is 11.3. The molecule has 0 atom stereocenters. The van der Waals surface area contributed by atoms with Gasteiger partial charge in [0.2, 0.25) is 0 Å². The zero-order valence-electron chi connectivity index (χ0n) is 14.4. The van der Waals surface area contributed by atoms with Gasteiger partial charge in [0.05, 0.1) is 12.5 Å². The fourth-order valence-corrected chi connectivity index (χ4v) is 1.83. The minimum Gasteiger partial charge on any atom is -0.453 e. The van der Waals surface area contributed by atoms with Gasteiger partial charge in [0.25, 0.3) is 5.91 Å². The largest absolute Gasteiger partial charge is 0.453 e. The van der Waals surface area contributed by atoms with Crippen molar-refractivity contribution in [3.63, 3.8) is 0 Å². The van der Waals surface area contributed by atoms with E-state index >= 15 is 0 Å². The van der Waals surface area contributed by atoms with Gasteiger partial charge in [0.1, 0.15) is 5.69 Å². The lowest BCUT2D eigenvalue weighted by Crippen LogP contribution is -2.11. The SMILES string of the molecule is NC(=O)c1ccocncc2ccccc2cccccocnccn1. The second-order valence-corrected chi connectivity index (χ2v) is 4.90. The lowest BCUT2D eigenvalue weighted by atomic mass is 10.2. The molecule has 0 bridgehead atoms. The van der Waals surface area contributed by atoms with E-state index in [0.717, 1.165) is 10.8 Å². The number of aromatic nitrogens is 3. The van der Waals surface area contributed by atoms with Crippen LogP contribution in [0.25, 0.3) is 10.8 Å². The molecule has 0 aliphatic rings. The second kappa shape index (κ2) is 11.5. The summed E-state index contributed by atoms with van der Waals surface area (Å²) in [5.74, 6) is -0.704. The fourth-order valence-electron chi connectivity index (χ4n) is 1.83. The highest BCUT2D eigenvalue weighted by Gasteiger charge is 1.95. The van der Waals surface area contributed by atoms with Gasteiger partial charge in [0, 0.05) is 30.0 Å². The number of nitrogens with zero attached hydrogens (tertiary/aromatic N) is 3. The van der Waals surface area contributed by atoms with E-state index in [1.54, 1.807) is 12.3 Å². The summed E-state index contributed by atoms with van der Waals surface area (Å²) in [5.41, 5.74) is 5.24. The maximum Gasteiger partial charge on any atom is 0.267 e. The number of nitrogens with two attached hydrogens (primary N) is 1. The molecule has 0 spiro atoms. The van der Waals surface area contributed by atoms with E-state index in [1.165, 1.54) is 43.8 Å². The molecule has 0 aliphatic carbocycles. The van der Waals surface area contributed by atoms with Gasteiger partial charge in [-0.3, -0.25) is 4.79 Å². The summed E-state index contributed by atoms with van der Waals surface area (Å²) in [7, 11) is 0. The van der Waals surface area contributed by atoms with Gasteiger partial charge in [-0.05, 0) is 11.5 Å². The van der Waals surface area contributed by atoms with Gasteiger partial charge in [-0.2, -0.15) is 0 Å². The molecular formula is C20H18N4O3. The van der Waals surface area contributed by atoms with Crippen LogP contribution in [0.1, 0.15) is 10.5 Å². The van der Waals surface area contributed by atoms with Crippen LogP contribution >= 0.6 is 0 Å². The minimum atomic E-state index is -0.704. The summed E-state index contributed by atoms with van der Waals surface area (Å²) in [5, 5.41) is 1.90. The molecule has 0 saturated carbocycles. The Morgan fingerprint density at radius 3 is 2.30 bits per heavy atom. The van der Waals surface area contributed by atoms with Crippen LogP contribution in [-0.2, 0) is 0 Å². The average molecular weight is 362 g/mol. The molecule has 0 saturated heterocycles. The first-order valence-corrected chi connectivity index (χ1v) is 7.89. The molecule has 1 aromatic heterocycles. The molecule has 7 nitrogen and oxygen atoms in total. The molecule has 2 rings (SSSR count). The third kappa shape index (κ3) is 7.61. The Balaban J connectivity index is 2.57. The van der Waals surface area contributed by atoms with Gasteiger partial charge in [-0.15, -0.1) is 0 Å². The standard InChI is InChI=1S/C20H18N4O3/c21-20(25)19-9-13-27-16-23-14-18-8-4-3-7-17(18)6-2-1-5-12-26-15-22-10-11-24-19/h1-16H,(H2,21,25). The topological polar surface area (TPSA) is 108 Å². The lowest BCUT2D eigenvalue weighted by Gasteiger charge is -1.89. The van der Waals surface area contributed by atoms with Crippen molar-refractivity contribution >= 4 is 16.7 Å². The number of benzene rings is 1. The summed E-state index contributed by atoms with van der Waals surface area (Å²) >= 11 is 0. The number of carbonyl (C=O) groups is 1. The van der Waals surface area contributed by atoms with Gasteiger partial charge in [0.15, 0.2) is 12.8 Å². The zero-order valence-corrected chi connectivity index (χ0v) is 14.4. The molecule has 7 heteroatoms. The van der Waals surface area contributed by atoms with Crippen LogP contribution in [0.2, 0.25) is 0 Å². The van der Waals surface area contributed by atoms with Crippen LogP contribution in [0, 0.1) is 0 Å². The molecule has 136 valence electrons. The molecule has 0 radical (unpaired) electrons. The predicted molar refractivity (Wildman–Crippen MR) is 101 cm³/mol. The maximum atomic E-state index is 11.3. The fraction of sp³-hybridized carbons (Fsp3) is 0. The van der Waals surface area contributed by atoms with Crippen molar-refractivity contribution in [3.05, 3.63) is 104 Å². The molecule has 0 fully saturated rings. The Hall–Kier alpha value is -4.00. The smallest absolute Gasteiger partial charge is 0.267 e. The van der Waals surface area contributed by atoms with E-state index in [1.807, 2.05) is 42.5 Å². The summed E-state index contributed by atoms with van der Waals surface area (Å²) in [6.07, 6.45) is 9.50. The summed E-state index contributed by atoms with van der Waals surface area (Å²) in [6.45, 7) is 0. The van der Waals surface area contributed by atoms with Gasteiger partial charge in [-0.1, -0.05) is 42.5 Å². The van der Waals surface area contributed by atoms with Crippen molar-refractivity contribution in [2.24, 2.45) is 5.73 Å². The molecular weight excluding hydrogens is 344 g/mol. The Bertz CT molecular complexity index is 996. The number of hydrogen-bond donors (Lipinski definition) is 1. The van der Waals surface area contributed by atoms with E-state index in [4.69, 9.17) is 14.6 Å². The number of carbonyl (C=O) groups excluding carboxylic acids is 1. The predicted octanol–water partition coefficient (Wildman–Crippen LogP) is 3.81. The molecule has 2 aromatic rings. The second-order valence-electron chi connectivity index (χ2n) is 4.90. The number of rotatable bonds is 1. The third-order valence-electron chi connectivity index (χ3n) is 3.03. The van der Waals surface area contributed by atoms with E-state index in [9.17, 15) is 4.79 Å². The van der Waals surface area contributed by atoms with Gasteiger partial charge in [-0.25, -0.2) is 15.0 Å². The molecule has 27 heavy (non-hydrogen) atoms. The van der Waals surface area contributed by atoms with Crippen LogP contribution in [0.5, 0.6) is 0 Å². The number of fused-ring (bicyclic) bond motifs is 1. The first kappa shape index (κ1) is 19.3. The van der Waals surface area contributed by atoms with Crippen LogP contribution in [0.4, 0.5) is 0 Å². The van der Waals surface area contributed by atoms with E-state index < -0.39 is 5.91 Å². The van der Waals surface area contributed by atoms with Gasteiger partial charge < -0.3 is 14.6 Å². The summed E-state index contributed by atoms with van der Waals surface area (Å²) in [6, 6.07) is 16.4. The molecule has 1 aromatic carbocycles. The Labute approximate surface area is 155 Å². The number of hydrogen-bond acceptors (Lipinski definition) is 6. The van der Waals surface area contributed by atoms with Crippen molar-refractivity contribution in [2.45, 2.75) is 0 Å². The molecule has 2 N–H and O–H groups in total. The Morgan fingerprint density at radius 1 is 0.778 bits per heavy atom. The monoisotopic (exact) mass is 362 g/mol. The van der Waals surface area contributed by atoms with Crippen LogP contribution in [-0.4, -0.2) is 20.9 Å². The Morgan fingerprint density at radius 2 is 1.48 bits per heavy atom. The molecule has 0 unspecified atom stereocenters. The average Bonchev–Trinajstić information content (AvgIpc) is 2.66. The van der Waals surface area contributed by atoms with Crippen molar-refractivity contribution in [1.82, 2.24) is 15.0 Å². The first-order chi connectivity index (χ1) is 13.3. The van der Waals surface area contributed by atoms with E-state index in [2.05, 4.69) is 15.0 Å². The van der Waals surface area contributed by atoms with Crippen molar-refractivity contribution in [2.75, 3.05) is 0 Å². The van der Waals surface area contributed by atoms with E-state index in [-0.39, 0.29) is 5.69 Å². The normalized spacial score (nSPS) is 9.04. The highest BCUT2D eigenvalue weighted by atomic mass is 16.3. The zero-order chi connectivity index (χ0) is 19.2. The third-order valence-corrected chi connectivity index (χ3v) is 3.03. The van der Waals surface area contributed by atoms with E-state index in [0.29, 0.717) is 0 Å². The van der Waals surface area contributed by atoms with Crippen molar-refractivity contribution in [3.8, 4) is 0 Å². The highest BCUT2D eigenvalue weighted by molar-refractivity contribution is 5.90. The quantitative estimate of drug-likeness (QED) is 0.826. The Kier molecular flexibility index (Phi) is 8.26. The van der Waals surface area contributed by atoms with Crippen LogP contribution in [0.15, 0.2) is 107 Å². The van der Waals surface area contributed by atoms with Crippen molar-refractivity contribution in [1.29, 1.82) is 0 Å². The molecule has 1 heterocycles. The number of primary amides is 1. The summed E-state index contributed by atoms with van der Waals surface area (Å²) < 4.78 is 10.2. The van der Waals surface area contributed by atoms with Crippen LogP contribution in [0.3, 0.4) is 0 Å². The summed E-state index contributed by atoms with van der Waals surface area (Å²) in [4.78, 5) is 23.1. The highest BCUT2D eigenvalue weighted by Crippen LogP contribution is 2.08. The first-order valence-electron chi connectivity index (χ1n) is 7.89. The van der Waals surface area contributed by atoms with Crippen molar-refractivity contribution < 1.29 is 13.6 Å². The van der Waals surface area contributed by atoms with Crippen LogP contribution < -0.4 is 5.73 Å². The molecule has 0 aliphatic heterocycles. The lowest BCUT2D eigenvalue weighted by molar-refractivity contribution is 0.0995. The number of amides is 1.